The Morgan fingerprint density at radius 1 is 1.26 bits per heavy atom. The first-order valence-electron chi connectivity index (χ1n) is 6.91. The summed E-state index contributed by atoms with van der Waals surface area (Å²) in [6, 6.07) is 8.96. The molecule has 0 N–H and O–H groups in total. The van der Waals surface area contributed by atoms with Crippen LogP contribution >= 0.6 is 0 Å². The van der Waals surface area contributed by atoms with E-state index < -0.39 is 0 Å². The molecule has 1 aliphatic heterocycles. The smallest absolute Gasteiger partial charge is 0.253 e. The van der Waals surface area contributed by atoms with Gasteiger partial charge in [0.05, 0.1) is 11.6 Å². The Morgan fingerprint density at radius 3 is 2.32 bits per heavy atom. The van der Waals surface area contributed by atoms with Gasteiger partial charge in [-0.1, -0.05) is 13.8 Å². The summed E-state index contributed by atoms with van der Waals surface area (Å²) in [6.45, 7) is 6.20. The molecule has 3 heteroatoms. The van der Waals surface area contributed by atoms with Crippen LogP contribution in [0.5, 0.6) is 0 Å². The number of nitriles is 1. The number of rotatable bonds is 2. The van der Waals surface area contributed by atoms with Crippen molar-refractivity contribution < 1.29 is 4.79 Å². The maximum absolute atomic E-state index is 12.3. The third kappa shape index (κ3) is 3.14. The number of carbonyl (C=O) groups excluding carboxylic acids is 1. The summed E-state index contributed by atoms with van der Waals surface area (Å²) >= 11 is 0. The van der Waals surface area contributed by atoms with Gasteiger partial charge in [0.25, 0.3) is 5.91 Å². The van der Waals surface area contributed by atoms with Gasteiger partial charge < -0.3 is 4.90 Å². The molecule has 0 saturated carbocycles. The minimum atomic E-state index is 0.0895. The van der Waals surface area contributed by atoms with Crippen LogP contribution in [0.3, 0.4) is 0 Å². The van der Waals surface area contributed by atoms with Crippen LogP contribution in [0, 0.1) is 23.2 Å². The van der Waals surface area contributed by atoms with Gasteiger partial charge in [0.15, 0.2) is 0 Å². The van der Waals surface area contributed by atoms with Gasteiger partial charge in [-0.05, 0) is 48.9 Å². The Hall–Kier alpha value is -1.82. The highest BCUT2D eigenvalue weighted by Crippen LogP contribution is 2.25. The average Bonchev–Trinajstić information content (AvgIpc) is 2.46. The second kappa shape index (κ2) is 5.88. The van der Waals surface area contributed by atoms with Crippen LogP contribution in [0.25, 0.3) is 0 Å². The van der Waals surface area contributed by atoms with Gasteiger partial charge in [0.2, 0.25) is 0 Å². The number of benzene rings is 1. The predicted molar refractivity (Wildman–Crippen MR) is 74.6 cm³/mol. The van der Waals surface area contributed by atoms with E-state index in [1.54, 1.807) is 24.3 Å². The first-order valence-corrected chi connectivity index (χ1v) is 6.91. The number of hydrogen-bond donors (Lipinski definition) is 0. The lowest BCUT2D eigenvalue weighted by molar-refractivity contribution is 0.0667. The van der Waals surface area contributed by atoms with Crippen molar-refractivity contribution in [3.05, 3.63) is 35.4 Å². The van der Waals surface area contributed by atoms with E-state index in [2.05, 4.69) is 19.9 Å². The van der Waals surface area contributed by atoms with Gasteiger partial charge in [-0.25, -0.2) is 0 Å². The number of piperidine rings is 1. The summed E-state index contributed by atoms with van der Waals surface area (Å²) in [5.41, 5.74) is 1.28. The Labute approximate surface area is 114 Å². The Balaban J connectivity index is 1.99. The lowest BCUT2D eigenvalue weighted by atomic mass is 9.86. The van der Waals surface area contributed by atoms with Crippen molar-refractivity contribution in [1.29, 1.82) is 5.26 Å². The number of amides is 1. The monoisotopic (exact) mass is 256 g/mol. The second-order valence-corrected chi connectivity index (χ2v) is 5.56. The number of hydrogen-bond acceptors (Lipinski definition) is 2. The molecule has 1 amide bonds. The van der Waals surface area contributed by atoms with Crippen LogP contribution < -0.4 is 0 Å². The standard InChI is InChI=1S/C16H20N2O/c1-12(2)14-7-9-18(10-8-14)16(19)15-5-3-13(11-17)4-6-15/h3-6,12,14H,7-10H2,1-2H3. The quantitative estimate of drug-likeness (QED) is 0.816. The van der Waals surface area contributed by atoms with Gasteiger partial charge >= 0.3 is 0 Å². The molecular formula is C16H20N2O. The fourth-order valence-corrected chi connectivity index (χ4v) is 2.64. The highest BCUT2D eigenvalue weighted by atomic mass is 16.2. The van der Waals surface area contributed by atoms with E-state index in [0.29, 0.717) is 17.0 Å². The van der Waals surface area contributed by atoms with E-state index in [0.717, 1.165) is 31.8 Å². The zero-order chi connectivity index (χ0) is 13.8. The molecule has 1 aromatic rings. The van der Waals surface area contributed by atoms with Crippen LogP contribution in [-0.2, 0) is 0 Å². The Morgan fingerprint density at radius 2 is 1.84 bits per heavy atom. The van der Waals surface area contributed by atoms with Crippen LogP contribution in [-0.4, -0.2) is 23.9 Å². The largest absolute Gasteiger partial charge is 0.339 e. The number of carbonyl (C=O) groups is 1. The molecule has 0 aliphatic carbocycles. The molecule has 1 fully saturated rings. The molecule has 100 valence electrons. The van der Waals surface area contributed by atoms with E-state index in [1.165, 1.54) is 0 Å². The molecule has 1 aromatic carbocycles. The van der Waals surface area contributed by atoms with Crippen molar-refractivity contribution >= 4 is 5.91 Å². The fourth-order valence-electron chi connectivity index (χ4n) is 2.64. The van der Waals surface area contributed by atoms with Crippen molar-refractivity contribution in [1.82, 2.24) is 4.90 Å². The molecule has 0 aromatic heterocycles. The molecule has 0 spiro atoms. The normalized spacial score (nSPS) is 16.4. The molecule has 0 radical (unpaired) electrons. The lowest BCUT2D eigenvalue weighted by Gasteiger charge is -2.33. The molecule has 3 nitrogen and oxygen atoms in total. The maximum atomic E-state index is 12.3. The van der Waals surface area contributed by atoms with Crippen LogP contribution in [0.2, 0.25) is 0 Å². The average molecular weight is 256 g/mol. The summed E-state index contributed by atoms with van der Waals surface area (Å²) in [6.07, 6.45) is 2.19. The summed E-state index contributed by atoms with van der Waals surface area (Å²) in [7, 11) is 0. The molecule has 1 aliphatic rings. The lowest BCUT2D eigenvalue weighted by Crippen LogP contribution is -2.39. The highest BCUT2D eigenvalue weighted by molar-refractivity contribution is 5.94. The van der Waals surface area contributed by atoms with E-state index >= 15 is 0 Å². The second-order valence-electron chi connectivity index (χ2n) is 5.56. The molecule has 0 bridgehead atoms. The van der Waals surface area contributed by atoms with Crippen LogP contribution in [0.1, 0.15) is 42.6 Å². The first-order chi connectivity index (χ1) is 9.11. The SMILES string of the molecule is CC(C)C1CCN(C(=O)c2ccc(C#N)cc2)CC1. The van der Waals surface area contributed by atoms with Gasteiger partial charge in [-0.2, -0.15) is 5.26 Å². The maximum Gasteiger partial charge on any atom is 0.253 e. The number of likely N-dealkylation sites (tertiary alicyclic amines) is 1. The van der Waals surface area contributed by atoms with Gasteiger partial charge in [-0.15, -0.1) is 0 Å². The highest BCUT2D eigenvalue weighted by Gasteiger charge is 2.25. The van der Waals surface area contributed by atoms with E-state index in [1.807, 2.05) is 4.90 Å². The number of nitrogens with zero attached hydrogens (tertiary/aromatic N) is 2. The molecule has 19 heavy (non-hydrogen) atoms. The van der Waals surface area contributed by atoms with E-state index in [4.69, 9.17) is 5.26 Å². The minimum absolute atomic E-state index is 0.0895. The Bertz CT molecular complexity index is 476. The molecule has 1 heterocycles. The zero-order valence-corrected chi connectivity index (χ0v) is 11.6. The van der Waals surface area contributed by atoms with Gasteiger partial charge in [0.1, 0.15) is 0 Å². The van der Waals surface area contributed by atoms with Crippen molar-refractivity contribution in [2.75, 3.05) is 13.1 Å². The van der Waals surface area contributed by atoms with Crippen LogP contribution in [0.4, 0.5) is 0 Å². The van der Waals surface area contributed by atoms with E-state index in [-0.39, 0.29) is 5.91 Å². The molecule has 0 atom stereocenters. The van der Waals surface area contributed by atoms with Crippen molar-refractivity contribution in [3.8, 4) is 6.07 Å². The molecular weight excluding hydrogens is 236 g/mol. The van der Waals surface area contributed by atoms with Crippen molar-refractivity contribution in [3.63, 3.8) is 0 Å². The summed E-state index contributed by atoms with van der Waals surface area (Å²) in [5, 5.41) is 8.75. The fraction of sp³-hybridized carbons (Fsp3) is 0.500. The van der Waals surface area contributed by atoms with Gasteiger partial charge in [-0.3, -0.25) is 4.79 Å². The summed E-state index contributed by atoms with van der Waals surface area (Å²) in [5.74, 6) is 1.53. The Kier molecular flexibility index (Phi) is 4.21. The molecule has 2 rings (SSSR count). The predicted octanol–water partition coefficient (Wildman–Crippen LogP) is 3.07. The topological polar surface area (TPSA) is 44.1 Å². The first kappa shape index (κ1) is 13.6. The molecule has 0 unspecified atom stereocenters. The third-order valence-electron chi connectivity index (χ3n) is 4.03. The summed E-state index contributed by atoms with van der Waals surface area (Å²) in [4.78, 5) is 14.2. The van der Waals surface area contributed by atoms with Crippen molar-refractivity contribution in [2.24, 2.45) is 11.8 Å². The van der Waals surface area contributed by atoms with Gasteiger partial charge in [0, 0.05) is 18.7 Å². The zero-order valence-electron chi connectivity index (χ0n) is 11.6. The molecule has 1 saturated heterocycles. The summed E-state index contributed by atoms with van der Waals surface area (Å²) < 4.78 is 0. The third-order valence-corrected chi connectivity index (χ3v) is 4.03. The van der Waals surface area contributed by atoms with E-state index in [9.17, 15) is 4.79 Å². The van der Waals surface area contributed by atoms with Crippen molar-refractivity contribution in [2.45, 2.75) is 26.7 Å². The minimum Gasteiger partial charge on any atom is -0.339 e. The van der Waals surface area contributed by atoms with Crippen LogP contribution in [0.15, 0.2) is 24.3 Å².